The molecule has 0 radical (unpaired) electrons. The topological polar surface area (TPSA) is 81.5 Å². The number of amides is 1. The Balaban J connectivity index is 1.50. The van der Waals surface area contributed by atoms with Crippen molar-refractivity contribution in [2.24, 2.45) is 0 Å². The lowest BCUT2D eigenvalue weighted by Crippen LogP contribution is -2.08. The molecular weight excluding hydrogens is 380 g/mol. The second kappa shape index (κ2) is 10.6. The number of ether oxygens (including phenoxy) is 1. The van der Waals surface area contributed by atoms with Crippen molar-refractivity contribution < 1.29 is 14.5 Å². The van der Waals surface area contributed by atoms with Crippen molar-refractivity contribution in [3.8, 4) is 5.75 Å². The van der Waals surface area contributed by atoms with Crippen LogP contribution in [0.25, 0.3) is 6.08 Å². The summed E-state index contributed by atoms with van der Waals surface area (Å²) in [6, 6.07) is 23.5. The van der Waals surface area contributed by atoms with Gasteiger partial charge in [0.05, 0.1) is 11.5 Å². The lowest BCUT2D eigenvalue weighted by atomic mass is 10.1. The minimum atomic E-state index is -0.469. The molecule has 6 nitrogen and oxygen atoms in total. The van der Waals surface area contributed by atoms with E-state index in [9.17, 15) is 14.9 Å². The van der Waals surface area contributed by atoms with Crippen LogP contribution in [0.4, 0.5) is 11.4 Å². The number of non-ortho nitro benzene ring substituents is 1. The Kier molecular flexibility index (Phi) is 7.33. The van der Waals surface area contributed by atoms with Gasteiger partial charge in [0.1, 0.15) is 5.75 Å². The van der Waals surface area contributed by atoms with Gasteiger partial charge < -0.3 is 10.1 Å². The zero-order valence-corrected chi connectivity index (χ0v) is 16.4. The SMILES string of the molecule is O=C(/C=C/c1cccc([N+](=O)[O-])c1)Nc1cccc(OCCCc2ccccc2)c1. The number of rotatable bonds is 9. The van der Waals surface area contributed by atoms with E-state index in [0.717, 1.165) is 12.8 Å². The van der Waals surface area contributed by atoms with Gasteiger partial charge in [-0.2, -0.15) is 0 Å². The summed E-state index contributed by atoms with van der Waals surface area (Å²) in [5.74, 6) is 0.353. The Morgan fingerprint density at radius 1 is 1.00 bits per heavy atom. The number of nitrogens with zero attached hydrogens (tertiary/aromatic N) is 1. The van der Waals surface area contributed by atoms with Crippen LogP contribution in [0, 0.1) is 10.1 Å². The molecule has 0 aliphatic heterocycles. The second-order valence-electron chi connectivity index (χ2n) is 6.64. The molecule has 152 valence electrons. The van der Waals surface area contributed by atoms with Crippen LogP contribution in [-0.4, -0.2) is 17.4 Å². The van der Waals surface area contributed by atoms with E-state index in [1.807, 2.05) is 30.3 Å². The standard InChI is InChI=1S/C24H22N2O4/c27-24(15-14-20-9-4-12-22(17-20)26(28)29)25-21-11-5-13-23(18-21)30-16-6-10-19-7-2-1-3-8-19/h1-5,7-9,11-15,17-18H,6,10,16H2,(H,25,27)/b15-14+. The fourth-order valence-corrected chi connectivity index (χ4v) is 2.87. The number of carbonyl (C=O) groups excluding carboxylic acids is 1. The monoisotopic (exact) mass is 402 g/mol. The fourth-order valence-electron chi connectivity index (χ4n) is 2.87. The molecule has 3 aromatic rings. The fraction of sp³-hybridized carbons (Fsp3) is 0.125. The van der Waals surface area contributed by atoms with E-state index in [1.54, 1.807) is 24.3 Å². The van der Waals surface area contributed by atoms with Crippen LogP contribution < -0.4 is 10.1 Å². The minimum Gasteiger partial charge on any atom is -0.494 e. The summed E-state index contributed by atoms with van der Waals surface area (Å²) < 4.78 is 5.78. The number of hydrogen-bond acceptors (Lipinski definition) is 4. The molecule has 3 aromatic carbocycles. The first kappa shape index (κ1) is 20.8. The van der Waals surface area contributed by atoms with Gasteiger partial charge in [0, 0.05) is 30.0 Å². The molecular formula is C24H22N2O4. The number of nitro groups is 1. The summed E-state index contributed by atoms with van der Waals surface area (Å²) in [7, 11) is 0. The maximum atomic E-state index is 12.2. The maximum Gasteiger partial charge on any atom is 0.270 e. The summed E-state index contributed by atoms with van der Waals surface area (Å²) >= 11 is 0. The highest BCUT2D eigenvalue weighted by atomic mass is 16.6. The number of nitro benzene ring substituents is 1. The van der Waals surface area contributed by atoms with Crippen LogP contribution in [0.2, 0.25) is 0 Å². The van der Waals surface area contributed by atoms with Crippen LogP contribution in [-0.2, 0) is 11.2 Å². The van der Waals surface area contributed by atoms with Gasteiger partial charge in [0.15, 0.2) is 0 Å². The molecule has 0 bridgehead atoms. The van der Waals surface area contributed by atoms with Gasteiger partial charge >= 0.3 is 0 Å². The minimum absolute atomic E-state index is 0.0188. The average Bonchev–Trinajstić information content (AvgIpc) is 2.76. The number of anilines is 1. The highest BCUT2D eigenvalue weighted by Crippen LogP contribution is 2.18. The Morgan fingerprint density at radius 3 is 2.60 bits per heavy atom. The molecule has 0 heterocycles. The zero-order valence-electron chi connectivity index (χ0n) is 16.4. The zero-order chi connectivity index (χ0) is 21.2. The third-order valence-electron chi connectivity index (χ3n) is 4.33. The average molecular weight is 402 g/mol. The van der Waals surface area contributed by atoms with E-state index in [0.29, 0.717) is 23.6 Å². The molecule has 0 aliphatic carbocycles. The van der Waals surface area contributed by atoms with Crippen LogP contribution in [0.15, 0.2) is 84.9 Å². The Bertz CT molecular complexity index is 1030. The molecule has 0 atom stereocenters. The molecule has 0 spiro atoms. The van der Waals surface area contributed by atoms with E-state index in [2.05, 4.69) is 17.4 Å². The van der Waals surface area contributed by atoms with Crippen molar-refractivity contribution in [3.63, 3.8) is 0 Å². The van der Waals surface area contributed by atoms with Crippen molar-refractivity contribution in [2.45, 2.75) is 12.8 Å². The summed E-state index contributed by atoms with van der Waals surface area (Å²) in [5.41, 5.74) is 2.45. The smallest absolute Gasteiger partial charge is 0.270 e. The lowest BCUT2D eigenvalue weighted by molar-refractivity contribution is -0.384. The molecule has 0 saturated heterocycles. The number of benzene rings is 3. The van der Waals surface area contributed by atoms with E-state index in [-0.39, 0.29) is 11.6 Å². The van der Waals surface area contributed by atoms with Gasteiger partial charge in [-0.15, -0.1) is 0 Å². The van der Waals surface area contributed by atoms with Crippen molar-refractivity contribution in [2.75, 3.05) is 11.9 Å². The van der Waals surface area contributed by atoms with Gasteiger partial charge in [0.2, 0.25) is 5.91 Å². The van der Waals surface area contributed by atoms with E-state index < -0.39 is 4.92 Å². The largest absolute Gasteiger partial charge is 0.494 e. The van der Waals surface area contributed by atoms with Crippen molar-refractivity contribution in [1.29, 1.82) is 0 Å². The van der Waals surface area contributed by atoms with Crippen molar-refractivity contribution in [1.82, 2.24) is 0 Å². The van der Waals surface area contributed by atoms with Gasteiger partial charge in [0.25, 0.3) is 5.69 Å². The molecule has 1 N–H and O–H groups in total. The summed E-state index contributed by atoms with van der Waals surface area (Å²) in [5, 5.41) is 13.6. The maximum absolute atomic E-state index is 12.2. The van der Waals surface area contributed by atoms with Gasteiger partial charge in [-0.05, 0) is 42.2 Å². The molecule has 30 heavy (non-hydrogen) atoms. The molecule has 1 amide bonds. The molecule has 0 saturated carbocycles. The summed E-state index contributed by atoms with van der Waals surface area (Å²) in [6.07, 6.45) is 4.71. The van der Waals surface area contributed by atoms with Crippen LogP contribution in [0.5, 0.6) is 5.75 Å². The van der Waals surface area contributed by atoms with Crippen molar-refractivity contribution in [3.05, 3.63) is 106 Å². The normalized spacial score (nSPS) is 10.7. The first-order chi connectivity index (χ1) is 14.6. The summed E-state index contributed by atoms with van der Waals surface area (Å²) in [4.78, 5) is 22.5. The first-order valence-electron chi connectivity index (χ1n) is 9.60. The van der Waals surface area contributed by atoms with Crippen molar-refractivity contribution >= 4 is 23.4 Å². The molecule has 0 aromatic heterocycles. The highest BCUT2D eigenvalue weighted by molar-refractivity contribution is 6.02. The Labute approximate surface area is 175 Å². The van der Waals surface area contributed by atoms with E-state index in [1.165, 1.54) is 29.8 Å². The number of aryl methyl sites for hydroxylation is 1. The number of nitrogens with one attached hydrogen (secondary N) is 1. The molecule has 0 fully saturated rings. The Morgan fingerprint density at radius 2 is 1.80 bits per heavy atom. The number of carbonyl (C=O) groups is 1. The predicted octanol–water partition coefficient (Wildman–Crippen LogP) is 5.26. The quantitative estimate of drug-likeness (QED) is 0.229. The van der Waals surface area contributed by atoms with Crippen LogP contribution >= 0.6 is 0 Å². The highest BCUT2D eigenvalue weighted by Gasteiger charge is 2.05. The molecule has 3 rings (SSSR count). The van der Waals surface area contributed by atoms with E-state index >= 15 is 0 Å². The first-order valence-corrected chi connectivity index (χ1v) is 9.60. The second-order valence-corrected chi connectivity index (χ2v) is 6.64. The van der Waals surface area contributed by atoms with Crippen LogP contribution in [0.3, 0.4) is 0 Å². The third-order valence-corrected chi connectivity index (χ3v) is 4.33. The molecule has 0 aliphatic rings. The summed E-state index contributed by atoms with van der Waals surface area (Å²) in [6.45, 7) is 0.582. The Hall–Kier alpha value is -3.93. The molecule has 0 unspecified atom stereocenters. The third kappa shape index (κ3) is 6.60. The van der Waals surface area contributed by atoms with E-state index in [4.69, 9.17) is 4.74 Å². The van der Waals surface area contributed by atoms with Gasteiger partial charge in [-0.3, -0.25) is 14.9 Å². The van der Waals surface area contributed by atoms with Gasteiger partial charge in [-0.25, -0.2) is 0 Å². The van der Waals surface area contributed by atoms with Gasteiger partial charge in [-0.1, -0.05) is 48.5 Å². The number of hydrogen-bond donors (Lipinski definition) is 1. The molecule has 6 heteroatoms. The van der Waals surface area contributed by atoms with Crippen LogP contribution in [0.1, 0.15) is 17.5 Å². The predicted molar refractivity (Wildman–Crippen MR) is 117 cm³/mol. The lowest BCUT2D eigenvalue weighted by Gasteiger charge is -2.08.